The molecule has 0 aliphatic heterocycles. The number of benzene rings is 1. The van der Waals surface area contributed by atoms with Gasteiger partial charge in [0.05, 0.1) is 6.42 Å². The lowest BCUT2D eigenvalue weighted by Crippen LogP contribution is -2.31. The molecule has 0 radical (unpaired) electrons. The SMILES string of the molecule is O=C(Cn1c(-c2ccc(Cl)cc2)n[nH]c1=S)NCCC(F)(F)F. The normalized spacial score (nSPS) is 11.5. The summed E-state index contributed by atoms with van der Waals surface area (Å²) in [5.41, 5.74) is 0.671. The van der Waals surface area contributed by atoms with E-state index in [0.717, 1.165) is 0 Å². The zero-order valence-electron chi connectivity index (χ0n) is 11.7. The van der Waals surface area contributed by atoms with Crippen LogP contribution in [0.1, 0.15) is 6.42 Å². The Morgan fingerprint density at radius 2 is 2.00 bits per heavy atom. The van der Waals surface area contributed by atoms with Crippen molar-refractivity contribution >= 4 is 29.7 Å². The van der Waals surface area contributed by atoms with Crippen LogP contribution in [-0.2, 0) is 11.3 Å². The molecular weight excluding hydrogens is 353 g/mol. The number of alkyl halides is 3. The number of nitrogens with zero attached hydrogens (tertiary/aromatic N) is 2. The summed E-state index contributed by atoms with van der Waals surface area (Å²) in [6, 6.07) is 6.71. The predicted octanol–water partition coefficient (Wildman–Crippen LogP) is 3.33. The summed E-state index contributed by atoms with van der Waals surface area (Å²) >= 11 is 10.9. The first kappa shape index (κ1) is 17.5. The minimum atomic E-state index is -4.31. The van der Waals surface area contributed by atoms with E-state index in [1.165, 1.54) is 4.57 Å². The van der Waals surface area contributed by atoms with Crippen molar-refractivity contribution in [3.63, 3.8) is 0 Å². The Kier molecular flexibility index (Phi) is 5.42. The average molecular weight is 365 g/mol. The summed E-state index contributed by atoms with van der Waals surface area (Å²) in [7, 11) is 0. The number of hydrogen-bond acceptors (Lipinski definition) is 3. The van der Waals surface area contributed by atoms with Crippen LogP contribution >= 0.6 is 23.8 Å². The van der Waals surface area contributed by atoms with Gasteiger partial charge in [0.2, 0.25) is 5.91 Å². The molecule has 1 amide bonds. The Balaban J connectivity index is 2.08. The van der Waals surface area contributed by atoms with Gasteiger partial charge in [-0.05, 0) is 36.5 Å². The summed E-state index contributed by atoms with van der Waals surface area (Å²) in [4.78, 5) is 11.8. The van der Waals surface area contributed by atoms with Gasteiger partial charge < -0.3 is 5.32 Å². The van der Waals surface area contributed by atoms with Crippen molar-refractivity contribution in [2.75, 3.05) is 6.54 Å². The van der Waals surface area contributed by atoms with Crippen LogP contribution in [0.25, 0.3) is 11.4 Å². The van der Waals surface area contributed by atoms with E-state index in [-0.39, 0.29) is 11.3 Å². The molecule has 0 saturated carbocycles. The zero-order chi connectivity index (χ0) is 17.0. The number of H-pyrrole nitrogens is 1. The Morgan fingerprint density at radius 3 is 2.61 bits per heavy atom. The molecule has 0 aliphatic carbocycles. The molecule has 5 nitrogen and oxygen atoms in total. The molecule has 23 heavy (non-hydrogen) atoms. The fraction of sp³-hybridized carbons (Fsp3) is 0.308. The summed E-state index contributed by atoms with van der Waals surface area (Å²) in [6.45, 7) is -0.713. The van der Waals surface area contributed by atoms with Crippen LogP contribution in [0.15, 0.2) is 24.3 Å². The van der Waals surface area contributed by atoms with E-state index in [2.05, 4.69) is 15.5 Å². The molecule has 2 N–H and O–H groups in total. The molecule has 1 aromatic heterocycles. The van der Waals surface area contributed by atoms with Crippen LogP contribution in [-0.4, -0.2) is 33.4 Å². The highest BCUT2D eigenvalue weighted by molar-refractivity contribution is 7.71. The first-order valence-electron chi connectivity index (χ1n) is 6.51. The maximum absolute atomic E-state index is 12.1. The van der Waals surface area contributed by atoms with Crippen LogP contribution in [0.4, 0.5) is 13.2 Å². The third-order valence-corrected chi connectivity index (χ3v) is 3.46. The monoisotopic (exact) mass is 364 g/mol. The van der Waals surface area contributed by atoms with Gasteiger partial charge in [-0.15, -0.1) is 0 Å². The van der Waals surface area contributed by atoms with E-state index in [9.17, 15) is 18.0 Å². The smallest absolute Gasteiger partial charge is 0.354 e. The van der Waals surface area contributed by atoms with E-state index >= 15 is 0 Å². The highest BCUT2D eigenvalue weighted by atomic mass is 35.5. The zero-order valence-corrected chi connectivity index (χ0v) is 13.2. The second-order valence-electron chi connectivity index (χ2n) is 4.66. The third-order valence-electron chi connectivity index (χ3n) is 2.89. The van der Waals surface area contributed by atoms with Gasteiger partial charge in [0.25, 0.3) is 0 Å². The van der Waals surface area contributed by atoms with Crippen molar-refractivity contribution in [1.29, 1.82) is 0 Å². The van der Waals surface area contributed by atoms with Crippen LogP contribution in [0.3, 0.4) is 0 Å². The number of hydrogen-bond donors (Lipinski definition) is 2. The Bertz CT molecular complexity index is 739. The molecule has 2 aromatic rings. The number of amides is 1. The van der Waals surface area contributed by atoms with Crippen molar-refractivity contribution in [2.45, 2.75) is 19.1 Å². The number of halogens is 4. The number of carbonyl (C=O) groups is 1. The summed E-state index contributed by atoms with van der Waals surface area (Å²) in [5, 5.41) is 9.33. The molecule has 124 valence electrons. The average Bonchev–Trinajstić information content (AvgIpc) is 2.80. The van der Waals surface area contributed by atoms with Crippen LogP contribution < -0.4 is 5.32 Å². The van der Waals surface area contributed by atoms with Gasteiger partial charge in [-0.2, -0.15) is 18.3 Å². The summed E-state index contributed by atoms with van der Waals surface area (Å²) in [5.74, 6) is -0.181. The molecule has 0 fully saturated rings. The quantitative estimate of drug-likeness (QED) is 0.800. The second kappa shape index (κ2) is 7.14. The number of aromatic amines is 1. The van der Waals surface area contributed by atoms with Gasteiger partial charge >= 0.3 is 6.18 Å². The lowest BCUT2D eigenvalue weighted by molar-refractivity contribution is -0.135. The fourth-order valence-corrected chi connectivity index (χ4v) is 2.15. The van der Waals surface area contributed by atoms with Gasteiger partial charge in [-0.25, -0.2) is 0 Å². The Morgan fingerprint density at radius 1 is 1.35 bits per heavy atom. The molecule has 10 heteroatoms. The maximum Gasteiger partial charge on any atom is 0.390 e. The van der Waals surface area contributed by atoms with Gasteiger partial charge in [-0.3, -0.25) is 14.5 Å². The molecule has 1 heterocycles. The molecule has 0 spiro atoms. The molecule has 0 aliphatic rings. The fourth-order valence-electron chi connectivity index (χ4n) is 1.83. The standard InChI is InChI=1S/C13H12ClF3N4OS/c14-9-3-1-8(2-4-9)11-19-20-12(23)21(11)7-10(22)18-6-5-13(15,16)17/h1-4H,5-7H2,(H,18,22)(H,20,23). The highest BCUT2D eigenvalue weighted by Crippen LogP contribution is 2.20. The minimum absolute atomic E-state index is 0.195. The number of rotatable bonds is 5. The number of carbonyl (C=O) groups excluding carboxylic acids is 1. The van der Waals surface area contributed by atoms with Gasteiger partial charge in [0.1, 0.15) is 6.54 Å². The number of nitrogens with one attached hydrogen (secondary N) is 2. The molecule has 0 unspecified atom stereocenters. The van der Waals surface area contributed by atoms with Crippen molar-refractivity contribution in [3.8, 4) is 11.4 Å². The number of aromatic nitrogens is 3. The molecule has 0 bridgehead atoms. The van der Waals surface area contributed by atoms with Crippen LogP contribution in [0.5, 0.6) is 0 Å². The summed E-state index contributed by atoms with van der Waals surface area (Å²) < 4.78 is 37.8. The first-order chi connectivity index (χ1) is 10.8. The van der Waals surface area contributed by atoms with Crippen molar-refractivity contribution < 1.29 is 18.0 Å². The predicted molar refractivity (Wildman–Crippen MR) is 81.5 cm³/mol. The van der Waals surface area contributed by atoms with Crippen molar-refractivity contribution in [2.24, 2.45) is 0 Å². The van der Waals surface area contributed by atoms with E-state index in [4.69, 9.17) is 23.8 Å². The Hall–Kier alpha value is -1.87. The van der Waals surface area contributed by atoms with Gasteiger partial charge in [0.15, 0.2) is 10.6 Å². The van der Waals surface area contributed by atoms with Gasteiger partial charge in [-0.1, -0.05) is 11.6 Å². The molecule has 1 aromatic carbocycles. The second-order valence-corrected chi connectivity index (χ2v) is 5.48. The molecular formula is C13H12ClF3N4OS. The minimum Gasteiger partial charge on any atom is -0.354 e. The van der Waals surface area contributed by atoms with Crippen LogP contribution in [0, 0.1) is 4.77 Å². The van der Waals surface area contributed by atoms with E-state index in [0.29, 0.717) is 16.4 Å². The lowest BCUT2D eigenvalue weighted by Gasteiger charge is -2.09. The van der Waals surface area contributed by atoms with E-state index < -0.39 is 25.0 Å². The van der Waals surface area contributed by atoms with Crippen molar-refractivity contribution in [1.82, 2.24) is 20.1 Å². The largest absolute Gasteiger partial charge is 0.390 e. The molecule has 0 atom stereocenters. The molecule has 2 rings (SSSR count). The summed E-state index contributed by atoms with van der Waals surface area (Å²) in [6.07, 6.45) is -5.40. The topological polar surface area (TPSA) is 62.7 Å². The van der Waals surface area contributed by atoms with E-state index in [1.807, 2.05) is 0 Å². The van der Waals surface area contributed by atoms with Gasteiger partial charge in [0, 0.05) is 17.1 Å². The molecule has 0 saturated heterocycles. The van der Waals surface area contributed by atoms with Crippen molar-refractivity contribution in [3.05, 3.63) is 34.1 Å². The lowest BCUT2D eigenvalue weighted by atomic mass is 10.2. The third kappa shape index (κ3) is 5.07. The highest BCUT2D eigenvalue weighted by Gasteiger charge is 2.26. The van der Waals surface area contributed by atoms with E-state index in [1.54, 1.807) is 24.3 Å². The maximum atomic E-state index is 12.1. The first-order valence-corrected chi connectivity index (χ1v) is 7.29. The Labute approximate surface area is 139 Å². The van der Waals surface area contributed by atoms with Crippen LogP contribution in [0.2, 0.25) is 5.02 Å².